The Balaban J connectivity index is 1.98. The van der Waals surface area contributed by atoms with Gasteiger partial charge in [0.2, 0.25) is 0 Å². The number of likely N-dealkylation sites (N-methyl/N-ethyl adjacent to an activating group) is 1. The number of nitrogens with zero attached hydrogens (tertiary/aromatic N) is 1. The lowest BCUT2D eigenvalue weighted by molar-refractivity contribution is 0.111. The summed E-state index contributed by atoms with van der Waals surface area (Å²) in [6, 6.07) is 1.52. The average Bonchev–Trinajstić information content (AvgIpc) is 2.80. The molecule has 0 aromatic rings. The van der Waals surface area contributed by atoms with Crippen molar-refractivity contribution >= 4 is 0 Å². The van der Waals surface area contributed by atoms with Gasteiger partial charge in [0.1, 0.15) is 0 Å². The molecule has 1 saturated carbocycles. The molecule has 4 atom stereocenters. The second kappa shape index (κ2) is 6.13. The SMILES string of the molecule is CCNC1CCC(C)CC1N1CCC(C(C)(C)C)C1. The van der Waals surface area contributed by atoms with E-state index in [9.17, 15) is 0 Å². The number of hydrogen-bond acceptors (Lipinski definition) is 2. The molecule has 0 spiro atoms. The molecule has 1 aliphatic carbocycles. The lowest BCUT2D eigenvalue weighted by atomic mass is 9.80. The summed E-state index contributed by atoms with van der Waals surface area (Å²) in [6.45, 7) is 15.7. The van der Waals surface area contributed by atoms with Crippen LogP contribution >= 0.6 is 0 Å². The molecular formula is C17H34N2. The van der Waals surface area contributed by atoms with Crippen molar-refractivity contribution in [2.24, 2.45) is 17.3 Å². The molecule has 2 aliphatic rings. The molecule has 4 unspecified atom stereocenters. The zero-order valence-corrected chi connectivity index (χ0v) is 13.7. The summed E-state index contributed by atoms with van der Waals surface area (Å²) >= 11 is 0. The molecule has 2 nitrogen and oxygen atoms in total. The van der Waals surface area contributed by atoms with Gasteiger partial charge in [0.25, 0.3) is 0 Å². The second-order valence-corrected chi connectivity index (χ2v) is 8.00. The normalized spacial score (nSPS) is 37.7. The Kier molecular flexibility index (Phi) is 4.94. The highest BCUT2D eigenvalue weighted by molar-refractivity contribution is 4.94. The summed E-state index contributed by atoms with van der Waals surface area (Å²) < 4.78 is 0. The van der Waals surface area contributed by atoms with Crippen molar-refractivity contribution in [3.05, 3.63) is 0 Å². The lowest BCUT2D eigenvalue weighted by Gasteiger charge is -2.41. The fourth-order valence-corrected chi connectivity index (χ4v) is 4.05. The van der Waals surface area contributed by atoms with Crippen LogP contribution in [-0.4, -0.2) is 36.6 Å². The van der Waals surface area contributed by atoms with E-state index < -0.39 is 0 Å². The minimum atomic E-state index is 0.475. The van der Waals surface area contributed by atoms with E-state index in [1.165, 1.54) is 38.8 Å². The molecule has 0 amide bonds. The first-order chi connectivity index (χ1) is 8.91. The van der Waals surface area contributed by atoms with E-state index in [2.05, 4.69) is 44.8 Å². The first kappa shape index (κ1) is 15.3. The van der Waals surface area contributed by atoms with E-state index in [-0.39, 0.29) is 0 Å². The van der Waals surface area contributed by atoms with Gasteiger partial charge in [-0.15, -0.1) is 0 Å². The van der Waals surface area contributed by atoms with Crippen LogP contribution in [0, 0.1) is 17.3 Å². The summed E-state index contributed by atoms with van der Waals surface area (Å²) in [5.74, 6) is 1.79. The minimum Gasteiger partial charge on any atom is -0.313 e. The maximum atomic E-state index is 3.74. The predicted octanol–water partition coefficient (Wildman–Crippen LogP) is 3.52. The molecule has 1 saturated heterocycles. The first-order valence-electron chi connectivity index (χ1n) is 8.39. The summed E-state index contributed by atoms with van der Waals surface area (Å²) in [6.07, 6.45) is 5.57. The lowest BCUT2D eigenvalue weighted by Crippen LogP contribution is -2.52. The smallest absolute Gasteiger partial charge is 0.0251 e. The van der Waals surface area contributed by atoms with E-state index in [0.29, 0.717) is 5.41 Å². The van der Waals surface area contributed by atoms with Crippen molar-refractivity contribution in [1.82, 2.24) is 10.2 Å². The summed E-state index contributed by atoms with van der Waals surface area (Å²) in [5.41, 5.74) is 0.475. The van der Waals surface area contributed by atoms with Crippen LogP contribution < -0.4 is 5.32 Å². The van der Waals surface area contributed by atoms with Gasteiger partial charge in [0.15, 0.2) is 0 Å². The van der Waals surface area contributed by atoms with Gasteiger partial charge in [-0.05, 0) is 56.0 Å². The fourth-order valence-electron chi connectivity index (χ4n) is 4.05. The molecule has 19 heavy (non-hydrogen) atoms. The predicted molar refractivity (Wildman–Crippen MR) is 83.4 cm³/mol. The third-order valence-corrected chi connectivity index (χ3v) is 5.46. The van der Waals surface area contributed by atoms with Crippen LogP contribution in [0.1, 0.15) is 60.3 Å². The van der Waals surface area contributed by atoms with E-state index in [4.69, 9.17) is 0 Å². The molecule has 1 heterocycles. The molecule has 0 aromatic heterocycles. The molecule has 0 bridgehead atoms. The van der Waals surface area contributed by atoms with Crippen molar-refractivity contribution in [2.75, 3.05) is 19.6 Å². The van der Waals surface area contributed by atoms with Gasteiger partial charge in [-0.25, -0.2) is 0 Å². The Labute approximate surface area is 120 Å². The highest BCUT2D eigenvalue weighted by Crippen LogP contribution is 2.37. The van der Waals surface area contributed by atoms with Gasteiger partial charge in [-0.2, -0.15) is 0 Å². The average molecular weight is 266 g/mol. The number of rotatable bonds is 3. The van der Waals surface area contributed by atoms with Crippen molar-refractivity contribution in [3.63, 3.8) is 0 Å². The van der Waals surface area contributed by atoms with Crippen LogP contribution in [-0.2, 0) is 0 Å². The van der Waals surface area contributed by atoms with E-state index >= 15 is 0 Å². The molecule has 2 rings (SSSR count). The molecule has 112 valence electrons. The van der Waals surface area contributed by atoms with E-state index in [1.54, 1.807) is 0 Å². The Morgan fingerprint density at radius 2 is 1.89 bits per heavy atom. The van der Waals surface area contributed by atoms with Crippen molar-refractivity contribution < 1.29 is 0 Å². The van der Waals surface area contributed by atoms with Crippen LogP contribution in [0.2, 0.25) is 0 Å². The van der Waals surface area contributed by atoms with Crippen LogP contribution in [0.5, 0.6) is 0 Å². The molecule has 0 aromatic carbocycles. The largest absolute Gasteiger partial charge is 0.313 e. The Morgan fingerprint density at radius 1 is 1.16 bits per heavy atom. The minimum absolute atomic E-state index is 0.475. The topological polar surface area (TPSA) is 15.3 Å². The summed E-state index contributed by atoms with van der Waals surface area (Å²) in [5, 5.41) is 3.74. The van der Waals surface area contributed by atoms with Crippen molar-refractivity contribution in [1.29, 1.82) is 0 Å². The molecule has 2 fully saturated rings. The number of nitrogens with one attached hydrogen (secondary N) is 1. The standard InChI is InChI=1S/C17H34N2/c1-6-18-15-8-7-13(2)11-16(15)19-10-9-14(12-19)17(3,4)5/h13-16,18H,6-12H2,1-5H3. The number of likely N-dealkylation sites (tertiary alicyclic amines) is 1. The van der Waals surface area contributed by atoms with E-state index in [1.807, 2.05) is 0 Å². The highest BCUT2D eigenvalue weighted by Gasteiger charge is 2.39. The molecular weight excluding hydrogens is 232 g/mol. The van der Waals surface area contributed by atoms with Gasteiger partial charge in [-0.3, -0.25) is 4.90 Å². The Bertz CT molecular complexity index is 281. The van der Waals surface area contributed by atoms with Gasteiger partial charge in [-0.1, -0.05) is 34.6 Å². The van der Waals surface area contributed by atoms with Crippen LogP contribution in [0.25, 0.3) is 0 Å². The fraction of sp³-hybridized carbons (Fsp3) is 1.00. The van der Waals surface area contributed by atoms with Gasteiger partial charge >= 0.3 is 0 Å². The third-order valence-electron chi connectivity index (χ3n) is 5.46. The molecule has 0 radical (unpaired) electrons. The second-order valence-electron chi connectivity index (χ2n) is 8.00. The maximum Gasteiger partial charge on any atom is 0.0251 e. The monoisotopic (exact) mass is 266 g/mol. The van der Waals surface area contributed by atoms with Crippen LogP contribution in [0.15, 0.2) is 0 Å². The first-order valence-corrected chi connectivity index (χ1v) is 8.39. The molecule has 2 heteroatoms. The van der Waals surface area contributed by atoms with Crippen molar-refractivity contribution in [2.45, 2.75) is 72.4 Å². The van der Waals surface area contributed by atoms with Gasteiger partial charge < -0.3 is 5.32 Å². The Hall–Kier alpha value is -0.0800. The summed E-state index contributed by atoms with van der Waals surface area (Å²) in [7, 11) is 0. The zero-order valence-electron chi connectivity index (χ0n) is 13.7. The maximum absolute atomic E-state index is 3.74. The number of hydrogen-bond donors (Lipinski definition) is 1. The quantitative estimate of drug-likeness (QED) is 0.841. The van der Waals surface area contributed by atoms with Gasteiger partial charge in [0.05, 0.1) is 0 Å². The molecule has 1 aliphatic heterocycles. The van der Waals surface area contributed by atoms with E-state index in [0.717, 1.165) is 30.5 Å². The Morgan fingerprint density at radius 3 is 2.47 bits per heavy atom. The molecule has 1 N–H and O–H groups in total. The zero-order chi connectivity index (χ0) is 14.0. The summed E-state index contributed by atoms with van der Waals surface area (Å²) in [4.78, 5) is 2.80. The highest BCUT2D eigenvalue weighted by atomic mass is 15.2. The van der Waals surface area contributed by atoms with Crippen molar-refractivity contribution in [3.8, 4) is 0 Å². The van der Waals surface area contributed by atoms with Gasteiger partial charge in [0, 0.05) is 18.6 Å². The van der Waals surface area contributed by atoms with Crippen LogP contribution in [0.3, 0.4) is 0 Å². The van der Waals surface area contributed by atoms with Crippen LogP contribution in [0.4, 0.5) is 0 Å². The third kappa shape index (κ3) is 3.72.